The molecule has 1 saturated carbocycles. The molecule has 2 aromatic rings. The van der Waals surface area contributed by atoms with Crippen LogP contribution in [0, 0.1) is 6.92 Å². The van der Waals surface area contributed by atoms with E-state index in [1.807, 2.05) is 25.1 Å². The van der Waals surface area contributed by atoms with Gasteiger partial charge in [0, 0.05) is 28.6 Å². The highest BCUT2D eigenvalue weighted by atomic mass is 79.9. The number of anilines is 2. The van der Waals surface area contributed by atoms with Crippen molar-refractivity contribution in [1.82, 2.24) is 9.97 Å². The third-order valence-electron chi connectivity index (χ3n) is 4.02. The van der Waals surface area contributed by atoms with Crippen LogP contribution >= 0.6 is 15.9 Å². The predicted octanol–water partition coefficient (Wildman–Crippen LogP) is 4.15. The largest absolute Gasteiger partial charge is 0.351 e. The maximum absolute atomic E-state index is 12.2. The lowest BCUT2D eigenvalue weighted by atomic mass is 10.2. The molecule has 0 saturated heterocycles. The molecule has 0 aliphatic heterocycles. The monoisotopic (exact) mass is 374 g/mol. The van der Waals surface area contributed by atoms with Gasteiger partial charge in [0.1, 0.15) is 0 Å². The van der Waals surface area contributed by atoms with Crippen LogP contribution in [0.3, 0.4) is 0 Å². The van der Waals surface area contributed by atoms with Crippen LogP contribution in [0.2, 0.25) is 0 Å². The van der Waals surface area contributed by atoms with Gasteiger partial charge in [-0.25, -0.2) is 9.97 Å². The molecule has 5 nitrogen and oxygen atoms in total. The number of aromatic nitrogens is 2. The molecule has 0 radical (unpaired) electrons. The number of nitrogens with one attached hydrogen (secondary N) is 2. The van der Waals surface area contributed by atoms with E-state index in [2.05, 4.69) is 36.5 Å². The summed E-state index contributed by atoms with van der Waals surface area (Å²) in [5.41, 5.74) is 2.27. The second-order valence-electron chi connectivity index (χ2n) is 5.84. The minimum atomic E-state index is -0.209. The van der Waals surface area contributed by atoms with Crippen LogP contribution in [0.25, 0.3) is 0 Å². The summed E-state index contributed by atoms with van der Waals surface area (Å²) in [4.78, 5) is 20.7. The van der Waals surface area contributed by atoms with Gasteiger partial charge in [-0.1, -0.05) is 28.8 Å². The third-order valence-corrected chi connectivity index (χ3v) is 4.91. The van der Waals surface area contributed by atoms with Crippen molar-refractivity contribution in [1.29, 1.82) is 0 Å². The zero-order valence-corrected chi connectivity index (χ0v) is 14.6. The Bertz CT molecular complexity index is 696. The van der Waals surface area contributed by atoms with Crippen molar-refractivity contribution in [3.8, 4) is 0 Å². The lowest BCUT2D eigenvalue weighted by molar-refractivity contribution is 0.102. The van der Waals surface area contributed by atoms with Crippen LogP contribution in [0.5, 0.6) is 0 Å². The first-order valence-electron chi connectivity index (χ1n) is 7.78. The fourth-order valence-electron chi connectivity index (χ4n) is 2.70. The van der Waals surface area contributed by atoms with Crippen LogP contribution in [0.4, 0.5) is 11.6 Å². The fourth-order valence-corrected chi connectivity index (χ4v) is 2.94. The normalized spacial score (nSPS) is 14.7. The SMILES string of the molecule is Cc1cc(NC(=O)c2cnc(NC3CCCC3)nc2)ccc1Br. The third kappa shape index (κ3) is 4.07. The molecule has 0 spiro atoms. The molecular formula is C17H19BrN4O. The van der Waals surface area contributed by atoms with Crippen molar-refractivity contribution < 1.29 is 4.79 Å². The number of rotatable bonds is 4. The zero-order chi connectivity index (χ0) is 16.2. The Morgan fingerprint density at radius 2 is 1.91 bits per heavy atom. The maximum atomic E-state index is 12.2. The molecule has 1 aromatic heterocycles. The van der Waals surface area contributed by atoms with E-state index in [-0.39, 0.29) is 5.91 Å². The average Bonchev–Trinajstić information content (AvgIpc) is 3.04. The molecule has 6 heteroatoms. The van der Waals surface area contributed by atoms with Gasteiger partial charge in [0.15, 0.2) is 0 Å². The Hall–Kier alpha value is -1.95. The maximum Gasteiger partial charge on any atom is 0.258 e. The standard InChI is InChI=1S/C17H19BrN4O/c1-11-8-14(6-7-15(11)18)21-16(23)12-9-19-17(20-10-12)22-13-4-2-3-5-13/h6-10,13H,2-5H2,1H3,(H,21,23)(H,19,20,22). The second-order valence-corrected chi connectivity index (χ2v) is 6.69. The van der Waals surface area contributed by atoms with Crippen molar-refractivity contribution in [2.75, 3.05) is 10.6 Å². The summed E-state index contributed by atoms with van der Waals surface area (Å²) in [5.74, 6) is 0.382. The molecule has 0 bridgehead atoms. The van der Waals surface area contributed by atoms with Crippen molar-refractivity contribution in [3.63, 3.8) is 0 Å². The van der Waals surface area contributed by atoms with Gasteiger partial charge in [0.25, 0.3) is 5.91 Å². The van der Waals surface area contributed by atoms with E-state index in [0.717, 1.165) is 28.6 Å². The van der Waals surface area contributed by atoms with Gasteiger partial charge >= 0.3 is 0 Å². The molecule has 3 rings (SSSR count). The lowest BCUT2D eigenvalue weighted by Crippen LogP contribution is -2.18. The topological polar surface area (TPSA) is 66.9 Å². The summed E-state index contributed by atoms with van der Waals surface area (Å²) in [6.07, 6.45) is 7.95. The summed E-state index contributed by atoms with van der Waals surface area (Å²) in [6, 6.07) is 6.14. The highest BCUT2D eigenvalue weighted by molar-refractivity contribution is 9.10. The molecule has 1 aromatic carbocycles. The smallest absolute Gasteiger partial charge is 0.258 e. The summed E-state index contributed by atoms with van der Waals surface area (Å²) >= 11 is 3.44. The van der Waals surface area contributed by atoms with Crippen LogP contribution in [-0.2, 0) is 0 Å². The Balaban J connectivity index is 1.63. The van der Waals surface area contributed by atoms with Gasteiger partial charge in [-0.15, -0.1) is 0 Å². The number of benzene rings is 1. The highest BCUT2D eigenvalue weighted by Crippen LogP contribution is 2.21. The molecular weight excluding hydrogens is 356 g/mol. The van der Waals surface area contributed by atoms with E-state index in [1.165, 1.54) is 12.8 Å². The molecule has 1 heterocycles. The number of hydrogen-bond acceptors (Lipinski definition) is 4. The number of hydrogen-bond donors (Lipinski definition) is 2. The minimum Gasteiger partial charge on any atom is -0.351 e. The van der Waals surface area contributed by atoms with Crippen molar-refractivity contribution in [3.05, 3.63) is 46.2 Å². The number of halogens is 1. The first-order chi connectivity index (χ1) is 11.1. The van der Waals surface area contributed by atoms with Gasteiger partial charge in [-0.3, -0.25) is 4.79 Å². The van der Waals surface area contributed by atoms with E-state index in [1.54, 1.807) is 12.4 Å². The molecule has 2 N–H and O–H groups in total. The van der Waals surface area contributed by atoms with Crippen molar-refractivity contribution in [2.24, 2.45) is 0 Å². The number of aryl methyl sites for hydroxylation is 1. The number of carbonyl (C=O) groups excluding carboxylic acids is 1. The highest BCUT2D eigenvalue weighted by Gasteiger charge is 2.16. The minimum absolute atomic E-state index is 0.209. The van der Waals surface area contributed by atoms with E-state index in [4.69, 9.17) is 0 Å². The Kier molecular flexibility index (Phi) is 4.91. The number of carbonyl (C=O) groups is 1. The molecule has 0 unspecified atom stereocenters. The van der Waals surface area contributed by atoms with E-state index >= 15 is 0 Å². The average molecular weight is 375 g/mol. The van der Waals surface area contributed by atoms with E-state index in [9.17, 15) is 4.79 Å². The first-order valence-corrected chi connectivity index (χ1v) is 8.57. The van der Waals surface area contributed by atoms with E-state index in [0.29, 0.717) is 17.6 Å². The van der Waals surface area contributed by atoms with Gasteiger partial charge < -0.3 is 10.6 Å². The molecule has 0 atom stereocenters. The van der Waals surface area contributed by atoms with Crippen LogP contribution < -0.4 is 10.6 Å². The quantitative estimate of drug-likeness (QED) is 0.843. The zero-order valence-electron chi connectivity index (χ0n) is 13.0. The van der Waals surface area contributed by atoms with Crippen molar-refractivity contribution in [2.45, 2.75) is 38.6 Å². The fraction of sp³-hybridized carbons (Fsp3) is 0.353. The van der Waals surface area contributed by atoms with E-state index < -0.39 is 0 Å². The first kappa shape index (κ1) is 15.9. The molecule has 120 valence electrons. The Morgan fingerprint density at radius 3 is 2.57 bits per heavy atom. The van der Waals surface area contributed by atoms with Crippen molar-refractivity contribution >= 4 is 33.5 Å². The van der Waals surface area contributed by atoms with Gasteiger partial charge in [-0.2, -0.15) is 0 Å². The van der Waals surface area contributed by atoms with Gasteiger partial charge in [0.05, 0.1) is 5.56 Å². The molecule has 1 aliphatic rings. The van der Waals surface area contributed by atoms with Gasteiger partial charge in [0.2, 0.25) is 5.95 Å². The molecule has 1 aliphatic carbocycles. The Morgan fingerprint density at radius 1 is 1.22 bits per heavy atom. The number of nitrogens with zero attached hydrogens (tertiary/aromatic N) is 2. The lowest BCUT2D eigenvalue weighted by Gasteiger charge is -2.11. The van der Waals surface area contributed by atoms with Crippen LogP contribution in [0.1, 0.15) is 41.6 Å². The summed E-state index contributed by atoms with van der Waals surface area (Å²) in [5, 5.41) is 6.17. The second kappa shape index (κ2) is 7.08. The molecule has 1 fully saturated rings. The van der Waals surface area contributed by atoms with Crippen LogP contribution in [0.15, 0.2) is 35.1 Å². The predicted molar refractivity (Wildman–Crippen MR) is 94.7 cm³/mol. The molecule has 23 heavy (non-hydrogen) atoms. The Labute approximate surface area is 144 Å². The summed E-state index contributed by atoms with van der Waals surface area (Å²) < 4.78 is 1.01. The molecule has 1 amide bonds. The van der Waals surface area contributed by atoms with Crippen LogP contribution in [-0.4, -0.2) is 21.9 Å². The number of amides is 1. The summed E-state index contributed by atoms with van der Waals surface area (Å²) in [6.45, 7) is 1.98. The van der Waals surface area contributed by atoms with Gasteiger partial charge in [-0.05, 0) is 43.5 Å². The summed E-state index contributed by atoms with van der Waals surface area (Å²) in [7, 11) is 0.